The van der Waals surface area contributed by atoms with E-state index in [-0.39, 0.29) is 18.0 Å². The van der Waals surface area contributed by atoms with Crippen LogP contribution in [0.15, 0.2) is 30.3 Å². The standard InChI is InChI=1S/C17H15Cl2N3OS/c1-20-14-9-5-3-2-4-8(9)6-10(14)22-17(23)11-7-12-15(21-11)13(18)16(19)24-12/h2-5,7,10,14,20-21H,6H2,1H3,(H,22,23). The average Bonchev–Trinajstić information content (AvgIpc) is 3.21. The minimum Gasteiger partial charge on any atom is -0.349 e. The van der Waals surface area contributed by atoms with Crippen LogP contribution in [-0.4, -0.2) is 24.0 Å². The van der Waals surface area contributed by atoms with Crippen LogP contribution in [-0.2, 0) is 6.42 Å². The van der Waals surface area contributed by atoms with E-state index in [4.69, 9.17) is 23.2 Å². The van der Waals surface area contributed by atoms with Gasteiger partial charge in [-0.3, -0.25) is 4.79 Å². The van der Waals surface area contributed by atoms with Gasteiger partial charge in [-0.15, -0.1) is 11.3 Å². The molecule has 0 saturated carbocycles. The average molecular weight is 380 g/mol. The molecule has 2 aromatic heterocycles. The Morgan fingerprint density at radius 2 is 2.12 bits per heavy atom. The van der Waals surface area contributed by atoms with E-state index in [1.54, 1.807) is 6.07 Å². The summed E-state index contributed by atoms with van der Waals surface area (Å²) in [4.78, 5) is 15.7. The normalized spacial score (nSPS) is 19.6. The van der Waals surface area contributed by atoms with Crippen molar-refractivity contribution in [3.63, 3.8) is 0 Å². The van der Waals surface area contributed by atoms with Gasteiger partial charge in [-0.1, -0.05) is 47.5 Å². The minimum atomic E-state index is -0.136. The monoisotopic (exact) mass is 379 g/mol. The lowest BCUT2D eigenvalue weighted by Gasteiger charge is -2.21. The summed E-state index contributed by atoms with van der Waals surface area (Å²) in [5, 5.41) is 6.90. The summed E-state index contributed by atoms with van der Waals surface area (Å²) in [6.45, 7) is 0. The highest BCUT2D eigenvalue weighted by Gasteiger charge is 2.32. The van der Waals surface area contributed by atoms with Crippen molar-refractivity contribution in [3.05, 3.63) is 56.5 Å². The number of benzene rings is 1. The quantitative estimate of drug-likeness (QED) is 0.639. The highest BCUT2D eigenvalue weighted by Crippen LogP contribution is 2.39. The van der Waals surface area contributed by atoms with E-state index in [1.165, 1.54) is 22.5 Å². The van der Waals surface area contributed by atoms with Crippen LogP contribution < -0.4 is 10.6 Å². The van der Waals surface area contributed by atoms with E-state index in [1.807, 2.05) is 19.2 Å². The fourth-order valence-electron chi connectivity index (χ4n) is 3.37. The van der Waals surface area contributed by atoms with Crippen LogP contribution in [0.3, 0.4) is 0 Å². The lowest BCUT2D eigenvalue weighted by atomic mass is 10.1. The van der Waals surface area contributed by atoms with Crippen LogP contribution >= 0.6 is 34.5 Å². The first-order valence-corrected chi connectivity index (χ1v) is 9.18. The first-order chi connectivity index (χ1) is 11.6. The number of thiophene rings is 1. The number of aromatic nitrogens is 1. The number of H-pyrrole nitrogens is 1. The molecule has 4 rings (SSSR count). The van der Waals surface area contributed by atoms with Crippen molar-refractivity contribution >= 4 is 50.7 Å². The summed E-state index contributed by atoms with van der Waals surface area (Å²) in [6.07, 6.45) is 0.815. The number of aromatic amines is 1. The second-order valence-corrected chi connectivity index (χ2v) is 7.89. The molecule has 1 aromatic carbocycles. The molecule has 3 aromatic rings. The van der Waals surface area contributed by atoms with Crippen LogP contribution in [0.1, 0.15) is 27.7 Å². The molecule has 0 fully saturated rings. The maximum absolute atomic E-state index is 12.6. The van der Waals surface area contributed by atoms with Gasteiger partial charge in [-0.05, 0) is 30.7 Å². The van der Waals surface area contributed by atoms with Crippen LogP contribution in [0.25, 0.3) is 10.2 Å². The van der Waals surface area contributed by atoms with E-state index in [9.17, 15) is 4.79 Å². The number of hydrogen-bond acceptors (Lipinski definition) is 3. The number of rotatable bonds is 3. The highest BCUT2D eigenvalue weighted by molar-refractivity contribution is 7.23. The topological polar surface area (TPSA) is 56.9 Å². The van der Waals surface area contributed by atoms with Gasteiger partial charge in [-0.2, -0.15) is 0 Å². The molecule has 0 bridgehead atoms. The summed E-state index contributed by atoms with van der Waals surface area (Å²) in [6, 6.07) is 10.2. The van der Waals surface area contributed by atoms with Gasteiger partial charge in [0.1, 0.15) is 10.0 Å². The summed E-state index contributed by atoms with van der Waals surface area (Å²) in [7, 11) is 1.91. The molecular weight excluding hydrogens is 365 g/mol. The molecule has 1 amide bonds. The molecule has 7 heteroatoms. The maximum Gasteiger partial charge on any atom is 0.268 e. The number of amides is 1. The number of likely N-dealkylation sites (N-methyl/N-ethyl adjacent to an activating group) is 1. The van der Waals surface area contributed by atoms with Crippen LogP contribution in [0.2, 0.25) is 9.36 Å². The Morgan fingerprint density at radius 3 is 2.88 bits per heavy atom. The van der Waals surface area contributed by atoms with Crippen molar-refractivity contribution in [2.24, 2.45) is 0 Å². The molecule has 1 aliphatic carbocycles. The number of nitrogens with one attached hydrogen (secondary N) is 3. The van der Waals surface area contributed by atoms with Crippen LogP contribution in [0.4, 0.5) is 0 Å². The Balaban J connectivity index is 1.57. The van der Waals surface area contributed by atoms with Gasteiger partial charge in [0, 0.05) is 0 Å². The Morgan fingerprint density at radius 1 is 1.33 bits per heavy atom. The maximum atomic E-state index is 12.6. The molecule has 1 aliphatic rings. The molecule has 0 saturated heterocycles. The van der Waals surface area contributed by atoms with Crippen LogP contribution in [0, 0.1) is 0 Å². The summed E-state index contributed by atoms with van der Waals surface area (Å²) in [5.74, 6) is -0.136. The Hall–Kier alpha value is -1.53. The lowest BCUT2D eigenvalue weighted by Crippen LogP contribution is -2.41. The fourth-order valence-corrected chi connectivity index (χ4v) is 4.85. The van der Waals surface area contributed by atoms with E-state index < -0.39 is 0 Å². The van der Waals surface area contributed by atoms with Gasteiger partial charge in [-0.25, -0.2) is 0 Å². The van der Waals surface area contributed by atoms with E-state index in [0.717, 1.165) is 16.6 Å². The van der Waals surface area contributed by atoms with Crippen molar-refractivity contribution in [2.75, 3.05) is 7.05 Å². The predicted molar refractivity (Wildman–Crippen MR) is 99.4 cm³/mol. The Labute approximate surface area is 153 Å². The fraction of sp³-hybridized carbons (Fsp3) is 0.235. The molecule has 4 nitrogen and oxygen atoms in total. The third-order valence-electron chi connectivity index (χ3n) is 4.48. The first kappa shape index (κ1) is 16.0. The minimum absolute atomic E-state index is 0.0142. The molecule has 2 unspecified atom stereocenters. The molecule has 0 radical (unpaired) electrons. The van der Waals surface area contributed by atoms with Crippen molar-refractivity contribution in [1.82, 2.24) is 15.6 Å². The number of carbonyl (C=O) groups excluding carboxylic acids is 1. The van der Waals surface area contributed by atoms with Crippen LogP contribution in [0.5, 0.6) is 0 Å². The summed E-state index contributed by atoms with van der Waals surface area (Å²) < 4.78 is 1.42. The third kappa shape index (κ3) is 2.52. The first-order valence-electron chi connectivity index (χ1n) is 7.61. The smallest absolute Gasteiger partial charge is 0.268 e. The molecule has 2 atom stereocenters. The number of hydrogen-bond donors (Lipinski definition) is 3. The van der Waals surface area contributed by atoms with Gasteiger partial charge in [0.15, 0.2) is 0 Å². The summed E-state index contributed by atoms with van der Waals surface area (Å²) in [5.41, 5.74) is 3.73. The number of carbonyl (C=O) groups is 1. The lowest BCUT2D eigenvalue weighted by molar-refractivity contribution is 0.0926. The van der Waals surface area contributed by atoms with Gasteiger partial charge in [0.25, 0.3) is 5.91 Å². The molecule has 124 valence electrons. The highest BCUT2D eigenvalue weighted by atomic mass is 35.5. The molecule has 2 heterocycles. The van der Waals surface area contributed by atoms with Gasteiger partial charge in [0.2, 0.25) is 0 Å². The van der Waals surface area contributed by atoms with E-state index >= 15 is 0 Å². The molecule has 0 aliphatic heterocycles. The van der Waals surface area contributed by atoms with E-state index in [2.05, 4.69) is 27.8 Å². The van der Waals surface area contributed by atoms with Gasteiger partial charge < -0.3 is 15.6 Å². The zero-order valence-corrected chi connectivity index (χ0v) is 15.1. The number of fused-ring (bicyclic) bond motifs is 2. The Bertz CT molecular complexity index is 933. The molecular formula is C17H15Cl2N3OS. The third-order valence-corrected chi connectivity index (χ3v) is 6.41. The zero-order valence-electron chi connectivity index (χ0n) is 12.8. The van der Waals surface area contributed by atoms with Crippen molar-refractivity contribution in [2.45, 2.75) is 18.5 Å². The largest absolute Gasteiger partial charge is 0.349 e. The van der Waals surface area contributed by atoms with Gasteiger partial charge >= 0.3 is 0 Å². The predicted octanol–water partition coefficient (Wildman–Crippen LogP) is 4.15. The second-order valence-electron chi connectivity index (χ2n) is 5.86. The molecule has 0 spiro atoms. The Kier molecular flexibility index (Phi) is 4.04. The second kappa shape index (κ2) is 6.08. The molecule has 3 N–H and O–H groups in total. The van der Waals surface area contributed by atoms with Crippen molar-refractivity contribution < 1.29 is 4.79 Å². The zero-order chi connectivity index (χ0) is 16.8. The van der Waals surface area contributed by atoms with Crippen molar-refractivity contribution in [1.29, 1.82) is 0 Å². The SMILES string of the molecule is CNC1c2ccccc2CC1NC(=O)c1cc2sc(Cl)c(Cl)c2[nH]1. The van der Waals surface area contributed by atoms with Gasteiger partial charge in [0.05, 0.1) is 27.3 Å². The summed E-state index contributed by atoms with van der Waals surface area (Å²) >= 11 is 13.5. The van der Waals surface area contributed by atoms with Crippen molar-refractivity contribution in [3.8, 4) is 0 Å². The number of halogens is 2. The van der Waals surface area contributed by atoms with E-state index in [0.29, 0.717) is 15.1 Å². The molecule has 24 heavy (non-hydrogen) atoms.